The summed E-state index contributed by atoms with van der Waals surface area (Å²) in [6, 6.07) is 0. The number of aliphatic carboxylic acids is 3. The van der Waals surface area contributed by atoms with E-state index in [-0.39, 0.29) is 52.0 Å². The van der Waals surface area contributed by atoms with Crippen LogP contribution in [0.5, 0.6) is 0 Å². The van der Waals surface area contributed by atoms with Gasteiger partial charge in [-0.3, -0.25) is 0 Å². The second kappa shape index (κ2) is 25.3. The maximum atomic E-state index is 9.34. The van der Waals surface area contributed by atoms with Gasteiger partial charge >= 0.3 is 35.6 Å². The van der Waals surface area contributed by atoms with Gasteiger partial charge in [-0.1, -0.05) is 0 Å². The molecule has 0 fully saturated rings. The first-order valence-electron chi connectivity index (χ1n) is 4.60. The van der Waals surface area contributed by atoms with Crippen LogP contribution in [0.3, 0.4) is 0 Å². The molecule has 13 heteroatoms. The van der Waals surface area contributed by atoms with Crippen molar-refractivity contribution in [2.45, 2.75) is 39.1 Å². The largest absolute Gasteiger partial charge is 3.00 e. The van der Waals surface area contributed by atoms with Crippen LogP contribution in [0.1, 0.15) is 20.8 Å². The fraction of sp³-hybridized carbons (Fsp3) is 0.667. The number of carboxylic acids is 3. The first kappa shape index (κ1) is 42.9. The van der Waals surface area contributed by atoms with E-state index >= 15 is 0 Å². The Labute approximate surface area is 153 Å². The van der Waals surface area contributed by atoms with Crippen molar-refractivity contribution >= 4 is 17.9 Å². The molecule has 0 aromatic carbocycles. The minimum absolute atomic E-state index is 0. The molecule has 0 aromatic heterocycles. The normalized spacial score (nSPS) is 11.2. The van der Waals surface area contributed by atoms with Crippen molar-refractivity contribution in [3.63, 3.8) is 0 Å². The van der Waals surface area contributed by atoms with Crippen molar-refractivity contribution in [1.82, 2.24) is 0 Å². The van der Waals surface area contributed by atoms with E-state index in [9.17, 15) is 29.7 Å². The molecular weight excluding hydrogens is 439 g/mol. The van der Waals surface area contributed by atoms with E-state index in [1.807, 2.05) is 0 Å². The van der Waals surface area contributed by atoms with Gasteiger partial charge in [0, 0.05) is 0 Å². The second-order valence-electron chi connectivity index (χ2n) is 2.99. The molecule has 0 bridgehead atoms. The summed E-state index contributed by atoms with van der Waals surface area (Å²) in [6.45, 7) is 3.40. The van der Waals surface area contributed by atoms with E-state index in [1.165, 1.54) is 0 Å². The number of hydrogen-bond donors (Lipinski definition) is 3. The molecule has 3 unspecified atom stereocenters. The summed E-state index contributed by atoms with van der Waals surface area (Å²) < 4.78 is 0. The second-order valence-corrected chi connectivity index (χ2v) is 2.99. The molecule has 12 nitrogen and oxygen atoms in total. The number of carbonyl (C=O) groups is 3. The Hall–Kier alpha value is -0.635. The van der Waals surface area contributed by atoms with E-state index in [4.69, 9.17) is 15.3 Å². The van der Waals surface area contributed by atoms with Gasteiger partial charge in [-0.25, -0.2) is 0 Å². The molecule has 0 aliphatic heterocycles. The van der Waals surface area contributed by atoms with Gasteiger partial charge < -0.3 is 61.5 Å². The molecule has 9 N–H and O–H groups in total. The molecule has 3 atom stereocenters. The molecule has 0 radical (unpaired) electrons. The first-order valence-corrected chi connectivity index (χ1v) is 4.60. The third kappa shape index (κ3) is 50.6. The van der Waals surface area contributed by atoms with E-state index in [0.717, 1.165) is 20.8 Å². The van der Waals surface area contributed by atoms with Crippen molar-refractivity contribution in [2.24, 2.45) is 0 Å². The first-order chi connectivity index (χ1) is 7.93. The zero-order valence-corrected chi connectivity index (χ0v) is 15.7. The third-order valence-corrected chi connectivity index (χ3v) is 1.02. The monoisotopic (exact) mass is 460 g/mol. The Morgan fingerprint density at radius 2 is 0.682 bits per heavy atom. The van der Waals surface area contributed by atoms with Gasteiger partial charge in [-0.15, -0.1) is 0 Å². The van der Waals surface area contributed by atoms with Gasteiger partial charge in [0.25, 0.3) is 0 Å². The van der Waals surface area contributed by atoms with Crippen LogP contribution in [0, 0.1) is 35.6 Å². The van der Waals surface area contributed by atoms with Crippen LogP contribution in [-0.2, 0) is 14.4 Å². The van der Waals surface area contributed by atoms with Crippen LogP contribution in [0.15, 0.2) is 0 Å². The summed E-state index contributed by atoms with van der Waals surface area (Å²) in [4.78, 5) is 28.0. The zero-order valence-electron chi connectivity index (χ0n) is 12.1. The Bertz CT molecular complexity index is 223. The van der Waals surface area contributed by atoms with Crippen molar-refractivity contribution < 1.29 is 97.1 Å². The van der Waals surface area contributed by atoms with Crippen molar-refractivity contribution in [3.8, 4) is 0 Å². The fourth-order valence-corrected chi connectivity index (χ4v) is 0. The van der Waals surface area contributed by atoms with Crippen LogP contribution in [-0.4, -0.2) is 68.0 Å². The molecule has 0 saturated carbocycles. The third-order valence-electron chi connectivity index (χ3n) is 1.02. The van der Waals surface area contributed by atoms with Crippen LogP contribution in [0.2, 0.25) is 0 Å². The maximum absolute atomic E-state index is 9.34. The predicted molar refractivity (Wildman–Crippen MR) is 60.9 cm³/mol. The van der Waals surface area contributed by atoms with E-state index < -0.39 is 36.2 Å². The molecule has 0 heterocycles. The molecule has 0 aliphatic rings. The summed E-state index contributed by atoms with van der Waals surface area (Å²) in [6.07, 6.45) is -4.03. The average Bonchev–Trinajstić information content (AvgIpc) is 2.18. The van der Waals surface area contributed by atoms with Crippen LogP contribution in [0.25, 0.3) is 0 Å². The quantitative estimate of drug-likeness (QED) is 0.360. The number of carboxylic acid groups (broad SMARTS) is 3. The molecular formula is C9H21LaO12. The molecule has 0 aromatic rings. The molecule has 0 rings (SSSR count). The van der Waals surface area contributed by atoms with Crippen molar-refractivity contribution in [1.29, 1.82) is 0 Å². The average molecular weight is 460 g/mol. The van der Waals surface area contributed by atoms with Crippen LogP contribution < -0.4 is 15.3 Å². The summed E-state index contributed by atoms with van der Waals surface area (Å²) in [7, 11) is 0. The van der Waals surface area contributed by atoms with Gasteiger partial charge in [0.05, 0.1) is 36.2 Å². The van der Waals surface area contributed by atoms with Crippen LogP contribution in [0.4, 0.5) is 0 Å². The van der Waals surface area contributed by atoms with Gasteiger partial charge in [0.15, 0.2) is 0 Å². The van der Waals surface area contributed by atoms with Crippen molar-refractivity contribution in [3.05, 3.63) is 0 Å². The maximum Gasteiger partial charge on any atom is 3.00 e. The number of hydrogen-bond acceptors (Lipinski definition) is 9. The molecule has 132 valence electrons. The van der Waals surface area contributed by atoms with Gasteiger partial charge in [0.2, 0.25) is 0 Å². The van der Waals surface area contributed by atoms with E-state index in [1.54, 1.807) is 0 Å². The van der Waals surface area contributed by atoms with Gasteiger partial charge in [0.1, 0.15) is 0 Å². The van der Waals surface area contributed by atoms with E-state index in [0.29, 0.717) is 0 Å². The van der Waals surface area contributed by atoms with E-state index in [2.05, 4.69) is 0 Å². The topological polar surface area (TPSA) is 276 Å². The van der Waals surface area contributed by atoms with Crippen molar-refractivity contribution in [2.75, 3.05) is 0 Å². The van der Waals surface area contributed by atoms with Gasteiger partial charge in [-0.05, 0) is 20.8 Å². The number of carbonyl (C=O) groups excluding carboxylic acids is 3. The molecule has 0 saturated heterocycles. The van der Waals surface area contributed by atoms with Crippen LogP contribution >= 0.6 is 0 Å². The SMILES string of the molecule is CC(O)C(=O)[O-].CC(O)C(=O)[O-].CC(O)C(=O)[O-].O.O.O.[La+3]. The van der Waals surface area contributed by atoms with Gasteiger partial charge in [-0.2, -0.15) is 0 Å². The zero-order chi connectivity index (χ0) is 15.5. The number of rotatable bonds is 3. The Morgan fingerprint density at radius 1 is 0.636 bits per heavy atom. The minimum atomic E-state index is -1.44. The standard InChI is InChI=1S/3C3H6O3.La.3H2O/c3*1-2(4)3(5)6;;;;/h3*2,4H,1H3,(H,5,6);;3*1H2/q;;;+3;;;/p-3. The minimum Gasteiger partial charge on any atom is -0.547 e. The fourth-order valence-electron chi connectivity index (χ4n) is 0. The predicted octanol–water partition coefficient (Wildman–Crippen LogP) is -8.12. The summed E-state index contributed by atoms with van der Waals surface area (Å²) in [5, 5.41) is 51.9. The molecule has 0 spiro atoms. The number of aliphatic hydroxyl groups excluding tert-OH is 3. The summed E-state index contributed by atoms with van der Waals surface area (Å²) in [5.74, 6) is -4.31. The summed E-state index contributed by atoms with van der Waals surface area (Å²) in [5.41, 5.74) is 0. The smallest absolute Gasteiger partial charge is 0.547 e. The molecule has 0 amide bonds. The number of aliphatic hydroxyl groups is 3. The Morgan fingerprint density at radius 3 is 0.682 bits per heavy atom. The Kier molecular flexibility index (Phi) is 49.4. The molecule has 0 aliphatic carbocycles. The molecule has 22 heavy (non-hydrogen) atoms. The summed E-state index contributed by atoms with van der Waals surface area (Å²) >= 11 is 0. The Balaban J connectivity index is -0.0000000281.